The lowest BCUT2D eigenvalue weighted by Crippen LogP contribution is -2.00. The van der Waals surface area contributed by atoms with Crippen LogP contribution in [-0.2, 0) is 0 Å². The second-order valence-electron chi connectivity index (χ2n) is 3.34. The van der Waals surface area contributed by atoms with E-state index in [4.69, 9.17) is 0 Å². The van der Waals surface area contributed by atoms with E-state index >= 15 is 0 Å². The Balaban J connectivity index is 4.35. The predicted molar refractivity (Wildman–Crippen MR) is 69.6 cm³/mol. The maximum Gasteiger partial charge on any atom is 0.0264 e. The van der Waals surface area contributed by atoms with Crippen LogP contribution in [0.4, 0.5) is 0 Å². The fraction of sp³-hybridized carbons (Fsp3) is 0.143. The van der Waals surface area contributed by atoms with Gasteiger partial charge in [0.25, 0.3) is 0 Å². The van der Waals surface area contributed by atoms with Crippen LogP contribution in [0, 0.1) is 0 Å². The quantitative estimate of drug-likeness (QED) is 0.648. The fourth-order valence-corrected chi connectivity index (χ4v) is 0.741. The Labute approximate surface area is 92.9 Å². The third-order valence-electron chi connectivity index (χ3n) is 1.79. The van der Waals surface area contributed by atoms with Crippen LogP contribution in [0.25, 0.3) is 0 Å². The minimum atomic E-state index is 0.841. The molecule has 0 unspecified atom stereocenters. The molecule has 0 heterocycles. The van der Waals surface area contributed by atoms with Crippen molar-refractivity contribution >= 4 is 0 Å². The highest BCUT2D eigenvalue weighted by Crippen LogP contribution is 2.10. The van der Waals surface area contributed by atoms with Crippen LogP contribution in [0.15, 0.2) is 73.0 Å². The highest BCUT2D eigenvalue weighted by molar-refractivity contribution is 5.45. The summed E-state index contributed by atoms with van der Waals surface area (Å²) in [4.78, 5) is 0. The summed E-state index contributed by atoms with van der Waals surface area (Å²) < 4.78 is 0. The molecule has 1 heteroatoms. The third kappa shape index (κ3) is 6.33. The summed E-state index contributed by atoms with van der Waals surface area (Å²) in [5.41, 5.74) is 3.57. The SMILES string of the molecule is C=C(C)/C=C\C(=C)C(=C)/C=C\C(=C)NC. The maximum absolute atomic E-state index is 3.90. The first-order valence-corrected chi connectivity index (χ1v) is 4.74. The van der Waals surface area contributed by atoms with Gasteiger partial charge in [0.1, 0.15) is 0 Å². The van der Waals surface area contributed by atoms with E-state index in [0.29, 0.717) is 0 Å². The van der Waals surface area contributed by atoms with E-state index in [2.05, 4.69) is 31.6 Å². The normalized spacial score (nSPS) is 10.5. The Hall–Kier alpha value is -1.76. The van der Waals surface area contributed by atoms with Crippen LogP contribution < -0.4 is 5.32 Å². The standard InChI is InChI=1S/C14H19N/c1-11(2)7-8-12(3)13(4)9-10-14(5)15-6/h7-10,15H,1,3-5H2,2,6H3/b8-7-,10-9-. The Kier molecular flexibility index (Phi) is 5.88. The molecule has 0 atom stereocenters. The molecule has 0 spiro atoms. The summed E-state index contributed by atoms with van der Waals surface area (Å²) >= 11 is 0. The molecule has 0 amide bonds. The molecule has 0 aliphatic rings. The van der Waals surface area contributed by atoms with Crippen LogP contribution in [0.3, 0.4) is 0 Å². The number of nitrogens with one attached hydrogen (secondary N) is 1. The van der Waals surface area contributed by atoms with E-state index in [-0.39, 0.29) is 0 Å². The van der Waals surface area contributed by atoms with Gasteiger partial charge in [-0.3, -0.25) is 0 Å². The topological polar surface area (TPSA) is 12.0 Å². The molecule has 0 aromatic carbocycles. The Morgan fingerprint density at radius 3 is 1.73 bits per heavy atom. The summed E-state index contributed by atoms with van der Waals surface area (Å²) in [7, 11) is 1.82. The lowest BCUT2D eigenvalue weighted by Gasteiger charge is -2.00. The smallest absolute Gasteiger partial charge is 0.0264 e. The molecule has 0 aromatic rings. The summed E-state index contributed by atoms with van der Waals surface area (Å²) in [6.45, 7) is 17.3. The molecule has 0 fully saturated rings. The Morgan fingerprint density at radius 1 is 0.867 bits per heavy atom. The first-order valence-electron chi connectivity index (χ1n) is 4.74. The number of likely N-dealkylation sites (N-methyl/N-ethyl adjacent to an activating group) is 1. The molecule has 80 valence electrons. The van der Waals surface area contributed by atoms with Crippen LogP contribution >= 0.6 is 0 Å². The average Bonchev–Trinajstić information content (AvgIpc) is 2.21. The van der Waals surface area contributed by atoms with Gasteiger partial charge >= 0.3 is 0 Å². The molecule has 0 aliphatic heterocycles. The van der Waals surface area contributed by atoms with Crippen LogP contribution in [0.1, 0.15) is 6.92 Å². The van der Waals surface area contributed by atoms with Gasteiger partial charge in [-0.05, 0) is 24.1 Å². The molecule has 0 aliphatic carbocycles. The second-order valence-corrected chi connectivity index (χ2v) is 3.34. The number of rotatable bonds is 6. The van der Waals surface area contributed by atoms with E-state index in [1.54, 1.807) is 0 Å². The molecule has 1 nitrogen and oxygen atoms in total. The maximum atomic E-state index is 3.90. The monoisotopic (exact) mass is 201 g/mol. The number of hydrogen-bond donors (Lipinski definition) is 1. The lowest BCUT2D eigenvalue weighted by atomic mass is 10.1. The molecular weight excluding hydrogens is 182 g/mol. The van der Waals surface area contributed by atoms with E-state index in [9.17, 15) is 0 Å². The van der Waals surface area contributed by atoms with E-state index in [1.807, 2.05) is 38.3 Å². The van der Waals surface area contributed by atoms with Gasteiger partial charge in [0, 0.05) is 12.7 Å². The molecule has 0 aromatic heterocycles. The Bertz CT molecular complexity index is 340. The summed E-state index contributed by atoms with van der Waals surface area (Å²) in [5.74, 6) is 0. The van der Waals surface area contributed by atoms with Crippen molar-refractivity contribution in [3.63, 3.8) is 0 Å². The highest BCUT2D eigenvalue weighted by Gasteiger charge is 1.91. The van der Waals surface area contributed by atoms with Crippen molar-refractivity contribution in [2.75, 3.05) is 7.05 Å². The summed E-state index contributed by atoms with van der Waals surface area (Å²) in [6.07, 6.45) is 7.55. The van der Waals surface area contributed by atoms with Crippen molar-refractivity contribution in [3.8, 4) is 0 Å². The molecule has 1 N–H and O–H groups in total. The van der Waals surface area contributed by atoms with Crippen molar-refractivity contribution in [1.82, 2.24) is 5.32 Å². The molecule has 0 saturated heterocycles. The highest BCUT2D eigenvalue weighted by atomic mass is 14.8. The zero-order chi connectivity index (χ0) is 11.8. The van der Waals surface area contributed by atoms with E-state index in [1.165, 1.54) is 0 Å². The van der Waals surface area contributed by atoms with Gasteiger partial charge in [0.2, 0.25) is 0 Å². The zero-order valence-corrected chi connectivity index (χ0v) is 9.64. The number of hydrogen-bond acceptors (Lipinski definition) is 1. The average molecular weight is 201 g/mol. The summed E-state index contributed by atoms with van der Waals surface area (Å²) in [5, 5.41) is 2.93. The van der Waals surface area contributed by atoms with E-state index < -0.39 is 0 Å². The van der Waals surface area contributed by atoms with E-state index in [0.717, 1.165) is 22.4 Å². The van der Waals surface area contributed by atoms with Crippen molar-refractivity contribution in [3.05, 3.63) is 73.0 Å². The largest absolute Gasteiger partial charge is 0.389 e. The number of allylic oxidation sites excluding steroid dienone is 7. The van der Waals surface area contributed by atoms with Gasteiger partial charge in [-0.1, -0.05) is 50.1 Å². The zero-order valence-electron chi connectivity index (χ0n) is 9.64. The van der Waals surface area contributed by atoms with Gasteiger partial charge in [0.05, 0.1) is 0 Å². The van der Waals surface area contributed by atoms with Gasteiger partial charge in [0.15, 0.2) is 0 Å². The van der Waals surface area contributed by atoms with Crippen molar-refractivity contribution < 1.29 is 0 Å². The molecule has 0 rings (SSSR count). The predicted octanol–water partition coefficient (Wildman–Crippen LogP) is 3.52. The van der Waals surface area contributed by atoms with Crippen LogP contribution in [0.5, 0.6) is 0 Å². The first kappa shape index (κ1) is 13.2. The first-order chi connectivity index (χ1) is 6.97. The molecule has 0 bridgehead atoms. The third-order valence-corrected chi connectivity index (χ3v) is 1.79. The lowest BCUT2D eigenvalue weighted by molar-refractivity contribution is 1.04. The van der Waals surface area contributed by atoms with Crippen molar-refractivity contribution in [1.29, 1.82) is 0 Å². The molecular formula is C14H19N. The van der Waals surface area contributed by atoms with Crippen molar-refractivity contribution in [2.45, 2.75) is 6.92 Å². The fourth-order valence-electron chi connectivity index (χ4n) is 0.741. The Morgan fingerprint density at radius 2 is 1.33 bits per heavy atom. The van der Waals surface area contributed by atoms with Crippen LogP contribution in [-0.4, -0.2) is 7.05 Å². The van der Waals surface area contributed by atoms with Crippen LogP contribution in [0.2, 0.25) is 0 Å². The van der Waals surface area contributed by atoms with Crippen molar-refractivity contribution in [2.24, 2.45) is 0 Å². The minimum absolute atomic E-state index is 0.841. The van der Waals surface area contributed by atoms with Gasteiger partial charge in [-0.2, -0.15) is 0 Å². The van der Waals surface area contributed by atoms with Gasteiger partial charge < -0.3 is 5.32 Å². The van der Waals surface area contributed by atoms with Gasteiger partial charge in [-0.25, -0.2) is 0 Å². The molecule has 0 saturated carbocycles. The minimum Gasteiger partial charge on any atom is -0.389 e. The molecule has 0 radical (unpaired) electrons. The second kappa shape index (κ2) is 6.66. The summed E-state index contributed by atoms with van der Waals surface area (Å²) in [6, 6.07) is 0. The molecule has 15 heavy (non-hydrogen) atoms. The van der Waals surface area contributed by atoms with Gasteiger partial charge in [-0.15, -0.1) is 0 Å².